The molecule has 1 aliphatic heterocycles. The van der Waals surface area contributed by atoms with E-state index in [0.29, 0.717) is 18.5 Å². The Labute approximate surface area is 150 Å². The maximum atomic E-state index is 12.6. The van der Waals surface area contributed by atoms with Gasteiger partial charge < -0.3 is 4.90 Å². The minimum absolute atomic E-state index is 0.163. The molecule has 3 rings (SSSR count). The van der Waals surface area contributed by atoms with Gasteiger partial charge in [0, 0.05) is 24.3 Å². The molecule has 1 saturated carbocycles. The first-order chi connectivity index (χ1) is 12.0. The van der Waals surface area contributed by atoms with E-state index in [4.69, 9.17) is 0 Å². The highest BCUT2D eigenvalue weighted by atomic mass is 32.2. The minimum Gasteiger partial charge on any atom is -0.312 e. The number of nitrogens with one attached hydrogen (secondary N) is 1. The van der Waals surface area contributed by atoms with Gasteiger partial charge in [0.1, 0.15) is 0 Å². The van der Waals surface area contributed by atoms with Gasteiger partial charge in [0.25, 0.3) is 0 Å². The quantitative estimate of drug-likeness (QED) is 0.834. The summed E-state index contributed by atoms with van der Waals surface area (Å²) in [4.78, 5) is 14.0. The van der Waals surface area contributed by atoms with Crippen LogP contribution in [0.1, 0.15) is 63.9 Å². The van der Waals surface area contributed by atoms with Crippen molar-refractivity contribution < 1.29 is 13.2 Å². The Morgan fingerprint density at radius 1 is 1.16 bits per heavy atom. The molecule has 2 aliphatic rings. The number of anilines is 2. The molecule has 1 fully saturated rings. The predicted molar refractivity (Wildman–Crippen MR) is 101 cm³/mol. The second-order valence-electron chi connectivity index (χ2n) is 7.15. The molecule has 0 saturated heterocycles. The summed E-state index contributed by atoms with van der Waals surface area (Å²) in [5.41, 5.74) is 2.61. The Bertz CT molecular complexity index is 724. The lowest BCUT2D eigenvalue weighted by molar-refractivity contribution is -0.118. The summed E-state index contributed by atoms with van der Waals surface area (Å²) in [5, 5.41) is -0.278. The maximum absolute atomic E-state index is 12.6. The van der Waals surface area contributed by atoms with Crippen LogP contribution in [0.25, 0.3) is 0 Å². The first-order valence-electron chi connectivity index (χ1n) is 9.46. The Hall–Kier alpha value is -1.56. The van der Waals surface area contributed by atoms with Crippen molar-refractivity contribution in [3.63, 3.8) is 0 Å². The van der Waals surface area contributed by atoms with Crippen LogP contribution in [0.2, 0.25) is 0 Å². The SMILES string of the molecule is CCCCN1C(=O)CCc2cc(NS(=O)(=O)C3CCCCC3)ccc21. The number of amides is 1. The van der Waals surface area contributed by atoms with Gasteiger partial charge in [0.2, 0.25) is 15.9 Å². The van der Waals surface area contributed by atoms with Crippen LogP contribution < -0.4 is 9.62 Å². The van der Waals surface area contributed by atoms with Gasteiger partial charge in [0.15, 0.2) is 0 Å². The number of sulfonamides is 1. The van der Waals surface area contributed by atoms with Crippen molar-refractivity contribution in [1.29, 1.82) is 0 Å². The second-order valence-corrected chi connectivity index (χ2v) is 9.11. The van der Waals surface area contributed by atoms with Gasteiger partial charge in [-0.15, -0.1) is 0 Å². The molecule has 0 atom stereocenters. The lowest BCUT2D eigenvalue weighted by atomic mass is 10.00. The fourth-order valence-electron chi connectivity index (χ4n) is 3.81. The molecule has 25 heavy (non-hydrogen) atoms. The minimum atomic E-state index is -3.33. The van der Waals surface area contributed by atoms with Crippen molar-refractivity contribution >= 4 is 27.3 Å². The third kappa shape index (κ3) is 4.17. The Morgan fingerprint density at radius 3 is 2.64 bits per heavy atom. The van der Waals surface area contributed by atoms with Gasteiger partial charge in [0.05, 0.1) is 5.25 Å². The summed E-state index contributed by atoms with van der Waals surface area (Å²) in [5.74, 6) is 0.163. The molecular weight excluding hydrogens is 336 g/mol. The maximum Gasteiger partial charge on any atom is 0.235 e. The molecule has 0 bridgehead atoms. The fourth-order valence-corrected chi connectivity index (χ4v) is 5.38. The number of aryl methyl sites for hydroxylation is 1. The Kier molecular flexibility index (Phi) is 5.67. The molecule has 1 amide bonds. The highest BCUT2D eigenvalue weighted by Crippen LogP contribution is 2.32. The smallest absolute Gasteiger partial charge is 0.235 e. The second kappa shape index (κ2) is 7.77. The van der Waals surface area contributed by atoms with Gasteiger partial charge in [-0.05, 0) is 49.4 Å². The van der Waals surface area contributed by atoms with Crippen LogP contribution in [0.3, 0.4) is 0 Å². The Balaban J connectivity index is 1.78. The standard InChI is InChI=1S/C19H28N2O3S/c1-2-3-13-21-18-11-10-16(14-15(18)9-12-19(21)22)20-25(23,24)17-7-5-4-6-8-17/h10-11,14,17,20H,2-9,12-13H2,1H3. The van der Waals surface area contributed by atoms with Gasteiger partial charge in [-0.3, -0.25) is 9.52 Å². The van der Waals surface area contributed by atoms with E-state index in [0.717, 1.165) is 62.7 Å². The number of unbranched alkanes of at least 4 members (excludes halogenated alkanes) is 1. The third-order valence-electron chi connectivity index (χ3n) is 5.27. The summed E-state index contributed by atoms with van der Waals surface area (Å²) in [6.07, 6.45) is 7.80. The van der Waals surface area contributed by atoms with Crippen molar-refractivity contribution in [2.45, 2.75) is 70.0 Å². The van der Waals surface area contributed by atoms with Crippen LogP contribution in [0, 0.1) is 0 Å². The average molecular weight is 365 g/mol. The van der Waals surface area contributed by atoms with Crippen molar-refractivity contribution in [2.24, 2.45) is 0 Å². The third-order valence-corrected chi connectivity index (χ3v) is 7.14. The first-order valence-corrected chi connectivity index (χ1v) is 11.0. The lowest BCUT2D eigenvalue weighted by Crippen LogP contribution is -2.36. The number of nitrogens with zero attached hydrogens (tertiary/aromatic N) is 1. The van der Waals surface area contributed by atoms with E-state index in [1.165, 1.54) is 0 Å². The van der Waals surface area contributed by atoms with E-state index in [2.05, 4.69) is 11.6 Å². The summed E-state index contributed by atoms with van der Waals surface area (Å²) >= 11 is 0. The summed E-state index contributed by atoms with van der Waals surface area (Å²) in [6.45, 7) is 2.84. The van der Waals surface area contributed by atoms with Gasteiger partial charge in [-0.2, -0.15) is 0 Å². The average Bonchev–Trinajstić information content (AvgIpc) is 2.61. The van der Waals surface area contributed by atoms with E-state index in [9.17, 15) is 13.2 Å². The molecule has 5 nitrogen and oxygen atoms in total. The Morgan fingerprint density at radius 2 is 1.92 bits per heavy atom. The number of carbonyl (C=O) groups is 1. The molecule has 1 N–H and O–H groups in total. The number of benzene rings is 1. The molecule has 0 aromatic heterocycles. The molecule has 0 unspecified atom stereocenters. The molecular formula is C19H28N2O3S. The van der Waals surface area contributed by atoms with Crippen LogP contribution >= 0.6 is 0 Å². The first kappa shape index (κ1) is 18.2. The number of rotatable bonds is 6. The molecule has 1 heterocycles. The summed E-state index contributed by atoms with van der Waals surface area (Å²) < 4.78 is 28.0. The highest BCUT2D eigenvalue weighted by molar-refractivity contribution is 7.93. The van der Waals surface area contributed by atoms with Crippen LogP contribution in [0.15, 0.2) is 18.2 Å². The van der Waals surface area contributed by atoms with Crippen molar-refractivity contribution in [3.8, 4) is 0 Å². The highest BCUT2D eigenvalue weighted by Gasteiger charge is 2.28. The summed E-state index contributed by atoms with van der Waals surface area (Å²) in [6, 6.07) is 5.58. The van der Waals surface area contributed by atoms with E-state index >= 15 is 0 Å². The number of carbonyl (C=O) groups excluding carboxylic acids is 1. The van der Waals surface area contributed by atoms with E-state index in [1.807, 2.05) is 17.0 Å². The molecule has 0 radical (unpaired) electrons. The van der Waals surface area contributed by atoms with Crippen LogP contribution in [0.5, 0.6) is 0 Å². The van der Waals surface area contributed by atoms with Crippen molar-refractivity contribution in [3.05, 3.63) is 23.8 Å². The van der Waals surface area contributed by atoms with E-state index in [-0.39, 0.29) is 11.2 Å². The van der Waals surface area contributed by atoms with Gasteiger partial charge in [-0.1, -0.05) is 32.6 Å². The molecule has 1 aromatic rings. The number of fused-ring (bicyclic) bond motifs is 1. The normalized spacial score (nSPS) is 18.9. The fraction of sp³-hybridized carbons (Fsp3) is 0.632. The van der Waals surface area contributed by atoms with Crippen molar-refractivity contribution in [2.75, 3.05) is 16.2 Å². The zero-order valence-corrected chi connectivity index (χ0v) is 15.8. The molecule has 138 valence electrons. The largest absolute Gasteiger partial charge is 0.312 e. The monoisotopic (exact) mass is 364 g/mol. The predicted octanol–water partition coefficient (Wildman–Crippen LogP) is 3.84. The summed E-state index contributed by atoms with van der Waals surface area (Å²) in [7, 11) is -3.33. The van der Waals surface area contributed by atoms with Crippen LogP contribution in [-0.4, -0.2) is 26.1 Å². The number of hydrogen-bond donors (Lipinski definition) is 1. The van der Waals surface area contributed by atoms with Gasteiger partial charge in [-0.25, -0.2) is 8.42 Å². The zero-order valence-electron chi connectivity index (χ0n) is 15.0. The van der Waals surface area contributed by atoms with E-state index < -0.39 is 10.0 Å². The molecule has 1 aliphatic carbocycles. The van der Waals surface area contributed by atoms with Crippen LogP contribution in [0.4, 0.5) is 11.4 Å². The molecule has 6 heteroatoms. The van der Waals surface area contributed by atoms with Crippen molar-refractivity contribution in [1.82, 2.24) is 0 Å². The molecule has 1 aromatic carbocycles. The topological polar surface area (TPSA) is 66.5 Å². The molecule has 0 spiro atoms. The lowest BCUT2D eigenvalue weighted by Gasteiger charge is -2.30. The van der Waals surface area contributed by atoms with Gasteiger partial charge >= 0.3 is 0 Å². The van der Waals surface area contributed by atoms with Crippen LogP contribution in [-0.2, 0) is 21.2 Å². The number of hydrogen-bond acceptors (Lipinski definition) is 3. The van der Waals surface area contributed by atoms with E-state index in [1.54, 1.807) is 6.07 Å². The zero-order chi connectivity index (χ0) is 17.9.